The number of hydrogen-bond donors (Lipinski definition) is 3. The molecule has 0 spiro atoms. The third-order valence-corrected chi connectivity index (χ3v) is 0. The quantitative estimate of drug-likeness (QED) is 0.336. The predicted molar refractivity (Wildman–Crippen MR) is 36.0 cm³/mol. The molecule has 6 nitrogen and oxygen atoms in total. The summed E-state index contributed by atoms with van der Waals surface area (Å²) < 4.78 is 31.6. The van der Waals surface area contributed by atoms with Crippen LogP contribution < -0.4 is 0 Å². The molecule has 0 aliphatic rings. The molecule has 0 amide bonds. The van der Waals surface area contributed by atoms with Crippen LogP contribution in [0.15, 0.2) is 0 Å². The van der Waals surface area contributed by atoms with E-state index in [1.807, 2.05) is 0 Å². The van der Waals surface area contributed by atoms with Gasteiger partial charge in [0.1, 0.15) is 0 Å². The fraction of sp³-hybridized carbons (Fsp3) is 0.500. The molecule has 0 aliphatic heterocycles. The Hall–Kier alpha value is 1.57. The molecule has 0 heterocycles. The average Bonchev–Trinajstić information content (AvgIpc) is 1.19. The molecule has 11 heavy (non-hydrogen) atoms. The number of carbonyl (C=O) groups is 1. The SMILES string of the molecule is CC(=O)O.O=S(=O)(O)O.[BaH2].[Pd]. The standard InChI is InChI=1S/C2H4O2.Ba.H2O4S.Pd.2H/c1-2(3)4;;1-5(2,3)4;;;/h1H3,(H,3,4);;(H2,1,2,3,4);;;. The molecule has 0 radical (unpaired) electrons. The van der Waals surface area contributed by atoms with Crippen LogP contribution >= 0.6 is 0 Å². The Morgan fingerprint density at radius 3 is 1.27 bits per heavy atom. The van der Waals surface area contributed by atoms with Crippen molar-refractivity contribution in [3.8, 4) is 0 Å². The maximum atomic E-state index is 9.00. The Morgan fingerprint density at radius 1 is 1.27 bits per heavy atom. The van der Waals surface area contributed by atoms with Gasteiger partial charge in [-0.15, -0.1) is 0 Å². The Bertz CT molecular complexity index is 163. The van der Waals surface area contributed by atoms with Gasteiger partial charge in [-0.3, -0.25) is 13.9 Å². The Balaban J connectivity index is -0.0000000383. The van der Waals surface area contributed by atoms with E-state index in [1.165, 1.54) is 0 Å². The summed E-state index contributed by atoms with van der Waals surface area (Å²) >= 11 is 0. The van der Waals surface area contributed by atoms with Gasteiger partial charge in [-0.1, -0.05) is 0 Å². The minimum atomic E-state index is -4.67. The number of carboxylic acids is 1. The second-order valence-corrected chi connectivity index (χ2v) is 1.86. The van der Waals surface area contributed by atoms with E-state index in [0.717, 1.165) is 6.92 Å². The van der Waals surface area contributed by atoms with Crippen LogP contribution in [-0.2, 0) is 35.6 Å². The summed E-state index contributed by atoms with van der Waals surface area (Å²) in [5.41, 5.74) is 0. The van der Waals surface area contributed by atoms with Crippen molar-refractivity contribution in [3.05, 3.63) is 0 Å². The second kappa shape index (κ2) is 11.6. The van der Waals surface area contributed by atoms with E-state index in [9.17, 15) is 0 Å². The Labute approximate surface area is 118 Å². The van der Waals surface area contributed by atoms with Crippen LogP contribution in [0.5, 0.6) is 0 Å². The van der Waals surface area contributed by atoms with E-state index in [2.05, 4.69) is 0 Å². The van der Waals surface area contributed by atoms with Gasteiger partial charge < -0.3 is 5.11 Å². The predicted octanol–water partition coefficient (Wildman–Crippen LogP) is -1.48. The molecule has 0 unspecified atom stereocenters. The first kappa shape index (κ1) is 22.9. The fourth-order valence-corrected chi connectivity index (χ4v) is 0. The van der Waals surface area contributed by atoms with E-state index in [4.69, 9.17) is 27.4 Å². The number of hydrogen-bond acceptors (Lipinski definition) is 3. The molecule has 0 fully saturated rings. The monoisotopic (exact) mass is 404 g/mol. The average molecular weight is 404 g/mol. The summed E-state index contributed by atoms with van der Waals surface area (Å²) in [7, 11) is -4.67. The van der Waals surface area contributed by atoms with Crippen LogP contribution in [0.25, 0.3) is 0 Å². The van der Waals surface area contributed by atoms with E-state index < -0.39 is 16.4 Å². The van der Waals surface area contributed by atoms with Crippen LogP contribution in [0, 0.1) is 0 Å². The zero-order valence-corrected chi connectivity index (χ0v) is 7.16. The first-order chi connectivity index (χ1) is 3.73. The Morgan fingerprint density at radius 2 is 1.27 bits per heavy atom. The van der Waals surface area contributed by atoms with Crippen molar-refractivity contribution < 1.29 is 47.8 Å². The van der Waals surface area contributed by atoms with Crippen molar-refractivity contribution in [1.82, 2.24) is 0 Å². The van der Waals surface area contributed by atoms with Crippen LogP contribution in [-0.4, -0.2) is 77.5 Å². The smallest absolute Gasteiger partial charge is 0 e. The maximum absolute atomic E-state index is 9.00. The Kier molecular flexibility index (Phi) is 24.1. The van der Waals surface area contributed by atoms with E-state index in [0.29, 0.717) is 0 Å². The molecule has 0 aromatic rings. The first-order valence-electron chi connectivity index (χ1n) is 1.63. The van der Waals surface area contributed by atoms with Gasteiger partial charge in [-0.25, -0.2) is 0 Å². The number of carboxylic acid groups (broad SMARTS) is 1. The molecule has 3 N–H and O–H groups in total. The summed E-state index contributed by atoms with van der Waals surface area (Å²) in [6, 6.07) is 0. The molecule has 0 aliphatic carbocycles. The topological polar surface area (TPSA) is 112 Å². The van der Waals surface area contributed by atoms with Gasteiger partial charge in [0, 0.05) is 27.3 Å². The van der Waals surface area contributed by atoms with Crippen LogP contribution in [0.3, 0.4) is 0 Å². The van der Waals surface area contributed by atoms with Gasteiger partial charge in [0.15, 0.2) is 0 Å². The van der Waals surface area contributed by atoms with Gasteiger partial charge in [0.2, 0.25) is 0 Å². The third kappa shape index (κ3) is 428. The summed E-state index contributed by atoms with van der Waals surface area (Å²) in [6.45, 7) is 1.08. The summed E-state index contributed by atoms with van der Waals surface area (Å²) in [4.78, 5) is 9.00. The summed E-state index contributed by atoms with van der Waals surface area (Å²) in [6.07, 6.45) is 0. The normalized spacial score (nSPS) is 7.55. The van der Waals surface area contributed by atoms with Crippen molar-refractivity contribution in [1.29, 1.82) is 0 Å². The maximum Gasteiger partial charge on any atom is 0 e. The molecule has 0 bridgehead atoms. The van der Waals surface area contributed by atoms with Crippen molar-refractivity contribution in [3.63, 3.8) is 0 Å². The zero-order chi connectivity index (χ0) is 8.08. The van der Waals surface area contributed by atoms with Gasteiger partial charge in [-0.2, -0.15) is 8.42 Å². The van der Waals surface area contributed by atoms with E-state index >= 15 is 0 Å². The summed E-state index contributed by atoms with van der Waals surface area (Å²) in [5, 5.41) is 7.42. The zero-order valence-electron chi connectivity index (χ0n) is 4.79. The van der Waals surface area contributed by atoms with Gasteiger partial charge >= 0.3 is 59.3 Å². The van der Waals surface area contributed by atoms with Crippen LogP contribution in [0.1, 0.15) is 6.92 Å². The van der Waals surface area contributed by atoms with Crippen molar-refractivity contribution in [2.45, 2.75) is 6.92 Å². The van der Waals surface area contributed by atoms with Gasteiger partial charge in [0.25, 0.3) is 5.97 Å². The molecule has 70 valence electrons. The summed E-state index contributed by atoms with van der Waals surface area (Å²) in [5.74, 6) is -0.833. The first-order valence-corrected chi connectivity index (χ1v) is 3.02. The molecular formula is C2H8BaO6PdS. The van der Waals surface area contributed by atoms with Gasteiger partial charge in [-0.05, 0) is 0 Å². The van der Waals surface area contributed by atoms with Crippen LogP contribution in [0.2, 0.25) is 0 Å². The van der Waals surface area contributed by atoms with Crippen molar-refractivity contribution in [2.75, 3.05) is 0 Å². The molecule has 0 saturated heterocycles. The van der Waals surface area contributed by atoms with E-state index in [1.54, 1.807) is 0 Å². The van der Waals surface area contributed by atoms with E-state index in [-0.39, 0.29) is 69.3 Å². The second-order valence-electron chi connectivity index (χ2n) is 0.967. The van der Waals surface area contributed by atoms with Gasteiger partial charge in [0.05, 0.1) is 0 Å². The minimum absolute atomic E-state index is 0. The fourth-order valence-electron chi connectivity index (χ4n) is 0. The molecule has 0 aromatic heterocycles. The molecular weight excluding hydrogens is 396 g/mol. The van der Waals surface area contributed by atoms with Crippen molar-refractivity contribution in [2.24, 2.45) is 0 Å². The molecule has 9 heteroatoms. The number of aliphatic carboxylic acids is 1. The van der Waals surface area contributed by atoms with Crippen molar-refractivity contribution >= 4 is 65.2 Å². The number of rotatable bonds is 0. The molecule has 0 atom stereocenters. The molecule has 0 saturated carbocycles. The molecule has 0 aromatic carbocycles. The van der Waals surface area contributed by atoms with Crippen LogP contribution in [0.4, 0.5) is 0 Å². The minimum Gasteiger partial charge on any atom is 0 e. The largest absolute Gasteiger partial charge is 0 e. The third-order valence-electron chi connectivity index (χ3n) is 0. The molecule has 0 rings (SSSR count).